The van der Waals surface area contributed by atoms with Gasteiger partial charge in [0.25, 0.3) is 0 Å². The van der Waals surface area contributed by atoms with Crippen molar-refractivity contribution >= 4 is 21.9 Å². The van der Waals surface area contributed by atoms with Gasteiger partial charge in [-0.15, -0.1) is 0 Å². The predicted molar refractivity (Wildman–Crippen MR) is 76.6 cm³/mol. The molecule has 0 aliphatic carbocycles. The fraction of sp³-hybridized carbons (Fsp3) is 0.133. The lowest BCUT2D eigenvalue weighted by Gasteiger charge is -2.08. The Kier molecular flexibility index (Phi) is 4.74. The van der Waals surface area contributed by atoms with Crippen LogP contribution in [0.15, 0.2) is 46.9 Å². The Balaban J connectivity index is 2.14. The zero-order valence-corrected chi connectivity index (χ0v) is 12.3. The van der Waals surface area contributed by atoms with Crippen molar-refractivity contribution in [2.45, 2.75) is 6.92 Å². The van der Waals surface area contributed by atoms with E-state index in [1.165, 1.54) is 12.1 Å². The quantitative estimate of drug-likeness (QED) is 0.766. The Bertz CT molecular complexity index is 611. The van der Waals surface area contributed by atoms with Gasteiger partial charge in [-0.2, -0.15) is 0 Å². The standard InChI is InChI=1S/C15H12BrFO3/c1-2-19-15(18)10-3-6-12(7-4-10)20-14-9-11(17)5-8-13(14)16/h3-9H,2H2,1H3. The Morgan fingerprint density at radius 3 is 2.55 bits per heavy atom. The van der Waals surface area contributed by atoms with Crippen LogP contribution in [-0.4, -0.2) is 12.6 Å². The molecule has 0 amide bonds. The summed E-state index contributed by atoms with van der Waals surface area (Å²) in [5.74, 6) is 0.107. The molecule has 0 spiro atoms. The van der Waals surface area contributed by atoms with Crippen LogP contribution in [0.3, 0.4) is 0 Å². The highest BCUT2D eigenvalue weighted by molar-refractivity contribution is 9.10. The first-order valence-electron chi connectivity index (χ1n) is 6.00. The summed E-state index contributed by atoms with van der Waals surface area (Å²) < 4.78 is 24.2. The maximum absolute atomic E-state index is 13.1. The molecule has 0 saturated heterocycles. The maximum atomic E-state index is 13.1. The average Bonchev–Trinajstić information content (AvgIpc) is 2.44. The maximum Gasteiger partial charge on any atom is 0.338 e. The number of ether oxygens (including phenoxy) is 2. The van der Waals surface area contributed by atoms with Crippen LogP contribution in [0.4, 0.5) is 4.39 Å². The summed E-state index contributed by atoms with van der Waals surface area (Å²) in [5.41, 5.74) is 0.442. The molecule has 0 N–H and O–H groups in total. The molecule has 0 aliphatic heterocycles. The van der Waals surface area contributed by atoms with Gasteiger partial charge in [-0.3, -0.25) is 0 Å². The van der Waals surface area contributed by atoms with E-state index in [0.717, 1.165) is 0 Å². The minimum atomic E-state index is -0.383. The van der Waals surface area contributed by atoms with Crippen molar-refractivity contribution in [3.8, 4) is 11.5 Å². The second kappa shape index (κ2) is 6.52. The van der Waals surface area contributed by atoms with Crippen LogP contribution in [0.1, 0.15) is 17.3 Å². The third kappa shape index (κ3) is 3.57. The van der Waals surface area contributed by atoms with Gasteiger partial charge in [0.15, 0.2) is 0 Å². The molecule has 0 heterocycles. The lowest BCUT2D eigenvalue weighted by Crippen LogP contribution is -2.04. The van der Waals surface area contributed by atoms with Crippen molar-refractivity contribution < 1.29 is 18.7 Å². The number of hydrogen-bond donors (Lipinski definition) is 0. The van der Waals surface area contributed by atoms with Gasteiger partial charge in [-0.1, -0.05) is 0 Å². The Hall–Kier alpha value is -1.88. The first-order valence-corrected chi connectivity index (χ1v) is 6.79. The van der Waals surface area contributed by atoms with Crippen LogP contribution >= 0.6 is 15.9 Å². The minimum absolute atomic E-state index is 0.327. The molecule has 0 aliphatic rings. The van der Waals surface area contributed by atoms with Gasteiger partial charge >= 0.3 is 5.97 Å². The molecule has 0 fully saturated rings. The molecule has 0 radical (unpaired) electrons. The SMILES string of the molecule is CCOC(=O)c1ccc(Oc2cc(F)ccc2Br)cc1. The van der Waals surface area contributed by atoms with Crippen molar-refractivity contribution in [2.24, 2.45) is 0 Å². The van der Waals surface area contributed by atoms with Crippen LogP contribution in [-0.2, 0) is 4.74 Å². The Morgan fingerprint density at radius 1 is 1.20 bits per heavy atom. The summed E-state index contributed by atoms with van der Waals surface area (Å²) in [5, 5.41) is 0. The molecule has 2 aromatic rings. The zero-order chi connectivity index (χ0) is 14.5. The van der Waals surface area contributed by atoms with Crippen LogP contribution in [0.25, 0.3) is 0 Å². The highest BCUT2D eigenvalue weighted by atomic mass is 79.9. The van der Waals surface area contributed by atoms with E-state index in [4.69, 9.17) is 9.47 Å². The van der Waals surface area contributed by atoms with Crippen LogP contribution in [0.5, 0.6) is 11.5 Å². The molecule has 20 heavy (non-hydrogen) atoms. The van der Waals surface area contributed by atoms with E-state index < -0.39 is 0 Å². The van der Waals surface area contributed by atoms with E-state index in [-0.39, 0.29) is 11.8 Å². The molecule has 2 rings (SSSR count). The monoisotopic (exact) mass is 338 g/mol. The number of esters is 1. The fourth-order valence-electron chi connectivity index (χ4n) is 1.56. The van der Waals surface area contributed by atoms with Crippen molar-refractivity contribution in [3.63, 3.8) is 0 Å². The molecule has 5 heteroatoms. The van der Waals surface area contributed by atoms with E-state index in [0.29, 0.717) is 28.1 Å². The Labute approximate surface area is 124 Å². The van der Waals surface area contributed by atoms with Crippen molar-refractivity contribution in [1.82, 2.24) is 0 Å². The summed E-state index contributed by atoms with van der Waals surface area (Å²) in [7, 11) is 0. The van der Waals surface area contributed by atoms with E-state index >= 15 is 0 Å². The molecule has 104 valence electrons. The Morgan fingerprint density at radius 2 is 1.90 bits per heavy atom. The first-order chi connectivity index (χ1) is 9.60. The highest BCUT2D eigenvalue weighted by Gasteiger charge is 2.08. The van der Waals surface area contributed by atoms with Gasteiger partial charge in [-0.05, 0) is 59.3 Å². The van der Waals surface area contributed by atoms with Crippen LogP contribution < -0.4 is 4.74 Å². The summed E-state index contributed by atoms with van der Waals surface area (Å²) in [6.07, 6.45) is 0. The molecule has 0 atom stereocenters. The number of carbonyl (C=O) groups excluding carboxylic acids is 1. The minimum Gasteiger partial charge on any atom is -0.462 e. The van der Waals surface area contributed by atoms with Crippen molar-refractivity contribution in [3.05, 3.63) is 58.3 Å². The van der Waals surface area contributed by atoms with E-state index in [9.17, 15) is 9.18 Å². The van der Waals surface area contributed by atoms with Crippen molar-refractivity contribution in [1.29, 1.82) is 0 Å². The zero-order valence-electron chi connectivity index (χ0n) is 10.7. The number of carbonyl (C=O) groups is 1. The molecule has 0 saturated carbocycles. The van der Waals surface area contributed by atoms with Crippen LogP contribution in [0, 0.1) is 5.82 Å². The topological polar surface area (TPSA) is 35.5 Å². The first kappa shape index (κ1) is 14.5. The normalized spacial score (nSPS) is 10.2. The lowest BCUT2D eigenvalue weighted by atomic mass is 10.2. The number of benzene rings is 2. The molecular weight excluding hydrogens is 327 g/mol. The predicted octanol–water partition coefficient (Wildman–Crippen LogP) is 4.56. The van der Waals surface area contributed by atoms with Crippen LogP contribution in [0.2, 0.25) is 0 Å². The van der Waals surface area contributed by atoms with Gasteiger partial charge in [0, 0.05) is 6.07 Å². The molecule has 0 unspecified atom stereocenters. The molecule has 0 aromatic heterocycles. The van der Waals surface area contributed by atoms with E-state index in [1.54, 1.807) is 37.3 Å². The largest absolute Gasteiger partial charge is 0.462 e. The summed E-state index contributed by atoms with van der Waals surface area (Å²) in [4.78, 5) is 11.5. The molecule has 3 nitrogen and oxygen atoms in total. The summed E-state index contributed by atoms with van der Waals surface area (Å²) in [6.45, 7) is 2.07. The second-order valence-corrected chi connectivity index (χ2v) is 4.78. The molecule has 2 aromatic carbocycles. The smallest absolute Gasteiger partial charge is 0.338 e. The number of rotatable bonds is 4. The second-order valence-electron chi connectivity index (χ2n) is 3.92. The summed E-state index contributed by atoms with van der Waals surface area (Å²) in [6, 6.07) is 10.6. The number of halogens is 2. The lowest BCUT2D eigenvalue weighted by molar-refractivity contribution is 0.0526. The van der Waals surface area contributed by atoms with Gasteiger partial charge in [0.05, 0.1) is 16.6 Å². The molecule has 0 bridgehead atoms. The van der Waals surface area contributed by atoms with E-state index in [2.05, 4.69) is 15.9 Å². The third-order valence-electron chi connectivity index (χ3n) is 2.49. The number of hydrogen-bond acceptors (Lipinski definition) is 3. The van der Waals surface area contributed by atoms with Crippen molar-refractivity contribution in [2.75, 3.05) is 6.61 Å². The fourth-order valence-corrected chi connectivity index (χ4v) is 1.88. The average molecular weight is 339 g/mol. The van der Waals surface area contributed by atoms with E-state index in [1.807, 2.05) is 0 Å². The van der Waals surface area contributed by atoms with Gasteiger partial charge in [-0.25, -0.2) is 9.18 Å². The summed E-state index contributed by atoms with van der Waals surface area (Å²) >= 11 is 3.28. The van der Waals surface area contributed by atoms with Gasteiger partial charge < -0.3 is 9.47 Å². The van der Waals surface area contributed by atoms with Gasteiger partial charge in [0.2, 0.25) is 0 Å². The highest BCUT2D eigenvalue weighted by Crippen LogP contribution is 2.30. The molecular formula is C15H12BrFO3. The van der Waals surface area contributed by atoms with Gasteiger partial charge in [0.1, 0.15) is 17.3 Å². The third-order valence-corrected chi connectivity index (χ3v) is 3.14.